The second-order valence-corrected chi connectivity index (χ2v) is 5.36. The van der Waals surface area contributed by atoms with Gasteiger partial charge in [0.2, 0.25) is 5.91 Å². The van der Waals surface area contributed by atoms with Crippen LogP contribution in [0.25, 0.3) is 0 Å². The number of pyridine rings is 1. The van der Waals surface area contributed by atoms with Crippen LogP contribution in [0.2, 0.25) is 0 Å². The zero-order chi connectivity index (χ0) is 16.1. The van der Waals surface area contributed by atoms with Gasteiger partial charge in [-0.3, -0.25) is 9.59 Å². The predicted octanol–water partition coefficient (Wildman–Crippen LogP) is 1.31. The molecule has 0 fully saturated rings. The molecule has 0 aliphatic rings. The lowest BCUT2D eigenvalue weighted by atomic mass is 10.1. The first-order valence-corrected chi connectivity index (χ1v) is 7.15. The molecule has 0 spiro atoms. The van der Waals surface area contributed by atoms with Crippen LogP contribution < -0.4 is 10.9 Å². The second-order valence-electron chi connectivity index (χ2n) is 5.36. The normalized spacial score (nSPS) is 12.0. The molecule has 116 valence electrons. The van der Waals surface area contributed by atoms with Crippen molar-refractivity contribution in [3.8, 4) is 0 Å². The zero-order valence-electron chi connectivity index (χ0n) is 12.7. The van der Waals surface area contributed by atoms with Gasteiger partial charge in [-0.2, -0.15) is 0 Å². The number of aromatic nitrogens is 1. The Morgan fingerprint density at radius 3 is 2.77 bits per heavy atom. The first kappa shape index (κ1) is 16.0. The predicted molar refractivity (Wildman–Crippen MR) is 84.6 cm³/mol. The molecule has 0 saturated heterocycles. The average molecular weight is 300 g/mol. The van der Waals surface area contributed by atoms with Gasteiger partial charge in [0.15, 0.2) is 0 Å². The van der Waals surface area contributed by atoms with E-state index in [0.717, 1.165) is 11.1 Å². The minimum Gasteiger partial charge on any atom is -0.387 e. The Hall–Kier alpha value is -2.40. The van der Waals surface area contributed by atoms with E-state index in [2.05, 4.69) is 5.32 Å². The Morgan fingerprint density at radius 1 is 1.27 bits per heavy atom. The number of nitrogens with zero attached hydrogens (tertiary/aromatic N) is 1. The Balaban J connectivity index is 1.93. The number of amides is 1. The number of hydrogen-bond donors (Lipinski definition) is 2. The van der Waals surface area contributed by atoms with Crippen LogP contribution in [0.4, 0.5) is 0 Å². The lowest BCUT2D eigenvalue weighted by Gasteiger charge is -2.13. The van der Waals surface area contributed by atoms with Crippen molar-refractivity contribution in [2.75, 3.05) is 6.54 Å². The van der Waals surface area contributed by atoms with Gasteiger partial charge in [0, 0.05) is 18.3 Å². The molecule has 1 aromatic heterocycles. The van der Waals surface area contributed by atoms with Gasteiger partial charge in [-0.1, -0.05) is 35.9 Å². The Kier molecular flexibility index (Phi) is 5.12. The van der Waals surface area contributed by atoms with Gasteiger partial charge in [0.25, 0.3) is 5.56 Å². The van der Waals surface area contributed by atoms with Gasteiger partial charge in [0.1, 0.15) is 6.54 Å². The summed E-state index contributed by atoms with van der Waals surface area (Å²) in [5.41, 5.74) is 2.22. The molecule has 2 N–H and O–H groups in total. The average Bonchev–Trinajstić information content (AvgIpc) is 2.49. The smallest absolute Gasteiger partial charge is 0.253 e. The molecule has 0 aliphatic carbocycles. The maximum atomic E-state index is 11.9. The van der Waals surface area contributed by atoms with Gasteiger partial charge in [-0.25, -0.2) is 0 Å². The summed E-state index contributed by atoms with van der Waals surface area (Å²) >= 11 is 0. The molecule has 0 radical (unpaired) electrons. The van der Waals surface area contributed by atoms with E-state index in [1.165, 1.54) is 4.57 Å². The van der Waals surface area contributed by atoms with Gasteiger partial charge in [-0.15, -0.1) is 0 Å². The van der Waals surface area contributed by atoms with E-state index in [9.17, 15) is 14.7 Å². The van der Waals surface area contributed by atoms with Crippen LogP contribution in [0.15, 0.2) is 47.4 Å². The van der Waals surface area contributed by atoms with Crippen LogP contribution in [0.3, 0.4) is 0 Å². The molecule has 1 heterocycles. The van der Waals surface area contributed by atoms with E-state index >= 15 is 0 Å². The molecule has 0 saturated carbocycles. The molecule has 1 atom stereocenters. The van der Waals surface area contributed by atoms with Gasteiger partial charge < -0.3 is 15.0 Å². The van der Waals surface area contributed by atoms with Crippen molar-refractivity contribution in [2.24, 2.45) is 0 Å². The highest BCUT2D eigenvalue weighted by Gasteiger charge is 2.10. The molecule has 22 heavy (non-hydrogen) atoms. The summed E-state index contributed by atoms with van der Waals surface area (Å²) in [6.45, 7) is 3.71. The van der Waals surface area contributed by atoms with E-state index < -0.39 is 6.10 Å². The van der Waals surface area contributed by atoms with E-state index in [0.29, 0.717) is 5.56 Å². The molecule has 2 aromatic rings. The van der Waals surface area contributed by atoms with Crippen molar-refractivity contribution >= 4 is 5.91 Å². The van der Waals surface area contributed by atoms with Crippen LogP contribution in [0.5, 0.6) is 0 Å². The number of nitrogens with one attached hydrogen (secondary N) is 1. The lowest BCUT2D eigenvalue weighted by Crippen LogP contribution is -2.34. The van der Waals surface area contributed by atoms with Crippen molar-refractivity contribution < 1.29 is 9.90 Å². The molecular formula is C17H20N2O3. The Labute approximate surface area is 129 Å². The summed E-state index contributed by atoms with van der Waals surface area (Å²) in [6.07, 6.45) is 0.810. The van der Waals surface area contributed by atoms with E-state index in [4.69, 9.17) is 0 Å². The third-order valence-electron chi connectivity index (χ3n) is 3.44. The highest BCUT2D eigenvalue weighted by atomic mass is 16.3. The molecule has 5 heteroatoms. The summed E-state index contributed by atoms with van der Waals surface area (Å²) in [7, 11) is 0. The molecule has 5 nitrogen and oxygen atoms in total. The number of benzene rings is 1. The fourth-order valence-electron chi connectivity index (χ4n) is 2.20. The number of aryl methyl sites for hydroxylation is 2. The summed E-state index contributed by atoms with van der Waals surface area (Å²) in [5, 5.41) is 12.7. The fraction of sp³-hybridized carbons (Fsp3) is 0.294. The Bertz CT molecular complexity index is 722. The molecule has 1 unspecified atom stereocenters. The monoisotopic (exact) mass is 300 g/mol. The van der Waals surface area contributed by atoms with Crippen molar-refractivity contribution in [2.45, 2.75) is 26.5 Å². The molecule has 2 rings (SSSR count). The highest BCUT2D eigenvalue weighted by Crippen LogP contribution is 2.13. The summed E-state index contributed by atoms with van der Waals surface area (Å²) in [4.78, 5) is 23.7. The molecular weight excluding hydrogens is 280 g/mol. The topological polar surface area (TPSA) is 71.3 Å². The minimum atomic E-state index is -0.766. The third-order valence-corrected chi connectivity index (χ3v) is 3.44. The lowest BCUT2D eigenvalue weighted by molar-refractivity contribution is -0.122. The summed E-state index contributed by atoms with van der Waals surface area (Å²) < 4.78 is 1.35. The number of aliphatic hydroxyl groups is 1. The van der Waals surface area contributed by atoms with E-state index in [1.807, 2.05) is 31.2 Å². The number of aliphatic hydroxyl groups excluding tert-OH is 1. The van der Waals surface area contributed by atoms with Gasteiger partial charge >= 0.3 is 0 Å². The van der Waals surface area contributed by atoms with E-state index in [-0.39, 0.29) is 24.6 Å². The quantitative estimate of drug-likeness (QED) is 0.874. The third kappa shape index (κ3) is 4.05. The first-order valence-electron chi connectivity index (χ1n) is 7.15. The summed E-state index contributed by atoms with van der Waals surface area (Å²) in [6, 6.07) is 10.9. The van der Waals surface area contributed by atoms with Crippen molar-refractivity contribution in [3.05, 3.63) is 69.6 Å². The maximum absolute atomic E-state index is 11.9. The van der Waals surface area contributed by atoms with Crippen LogP contribution >= 0.6 is 0 Å². The van der Waals surface area contributed by atoms with Gasteiger partial charge in [-0.05, 0) is 25.5 Å². The zero-order valence-corrected chi connectivity index (χ0v) is 12.7. The van der Waals surface area contributed by atoms with Crippen molar-refractivity contribution in [1.29, 1.82) is 0 Å². The standard InChI is InChI=1S/C17H20N2O3/c1-12-5-3-7-14(9-12)15(20)10-18-16(21)11-19-8-4-6-13(2)17(19)22/h3-9,15,20H,10-11H2,1-2H3,(H,18,21). The maximum Gasteiger partial charge on any atom is 0.253 e. The molecule has 1 aromatic carbocycles. The first-order chi connectivity index (χ1) is 10.5. The van der Waals surface area contributed by atoms with Crippen molar-refractivity contribution in [1.82, 2.24) is 9.88 Å². The van der Waals surface area contributed by atoms with Crippen LogP contribution in [0.1, 0.15) is 22.8 Å². The SMILES string of the molecule is Cc1cccc(C(O)CNC(=O)Cn2cccc(C)c2=O)c1. The van der Waals surface area contributed by atoms with Crippen LogP contribution in [-0.4, -0.2) is 22.1 Å². The molecule has 0 aliphatic heterocycles. The van der Waals surface area contributed by atoms with Crippen LogP contribution in [0, 0.1) is 13.8 Å². The Morgan fingerprint density at radius 2 is 2.05 bits per heavy atom. The second kappa shape index (κ2) is 7.04. The van der Waals surface area contributed by atoms with Gasteiger partial charge in [0.05, 0.1) is 6.10 Å². The number of carbonyl (C=O) groups is 1. The van der Waals surface area contributed by atoms with Crippen LogP contribution in [-0.2, 0) is 11.3 Å². The molecule has 1 amide bonds. The largest absolute Gasteiger partial charge is 0.387 e. The van der Waals surface area contributed by atoms with E-state index in [1.54, 1.807) is 25.3 Å². The summed E-state index contributed by atoms with van der Waals surface area (Å²) in [5.74, 6) is -0.306. The number of carbonyl (C=O) groups excluding carboxylic acids is 1. The highest BCUT2D eigenvalue weighted by molar-refractivity contribution is 5.75. The van der Waals surface area contributed by atoms with Crippen molar-refractivity contribution in [3.63, 3.8) is 0 Å². The number of rotatable bonds is 5. The number of hydrogen-bond acceptors (Lipinski definition) is 3. The fourth-order valence-corrected chi connectivity index (χ4v) is 2.20. The molecule has 0 bridgehead atoms. The minimum absolute atomic E-state index is 0.0545.